The Morgan fingerprint density at radius 3 is 2.62 bits per heavy atom. The number of hydrogen-bond donors (Lipinski definition) is 0. The molecule has 0 bridgehead atoms. The molecule has 34 heavy (non-hydrogen) atoms. The van der Waals surface area contributed by atoms with Gasteiger partial charge >= 0.3 is 5.97 Å². The van der Waals surface area contributed by atoms with Crippen LogP contribution in [0.2, 0.25) is 0 Å². The number of benzene rings is 1. The molecule has 0 aromatic heterocycles. The Labute approximate surface area is 209 Å². The number of carbonyl (C=O) groups is 3. The first-order valence-electron chi connectivity index (χ1n) is 11.4. The number of likely N-dealkylation sites (tertiary alicyclic amines) is 1. The van der Waals surface area contributed by atoms with E-state index in [1.165, 1.54) is 23.8 Å². The second kappa shape index (κ2) is 12.8. The Kier molecular flexibility index (Phi) is 9.76. The second-order valence-electron chi connectivity index (χ2n) is 7.88. The highest BCUT2D eigenvalue weighted by Gasteiger charge is 2.31. The van der Waals surface area contributed by atoms with E-state index in [9.17, 15) is 14.4 Å². The molecule has 10 heteroatoms. The lowest BCUT2D eigenvalue weighted by Gasteiger charge is -2.26. The monoisotopic (exact) mass is 506 g/mol. The van der Waals surface area contributed by atoms with Gasteiger partial charge in [0.1, 0.15) is 4.32 Å². The highest BCUT2D eigenvalue weighted by Crippen LogP contribution is 2.35. The summed E-state index contributed by atoms with van der Waals surface area (Å²) >= 11 is 6.57. The molecule has 0 spiro atoms. The van der Waals surface area contributed by atoms with E-state index in [4.69, 9.17) is 21.7 Å². The molecule has 0 radical (unpaired) electrons. The summed E-state index contributed by atoms with van der Waals surface area (Å²) in [6, 6.07) is 5.35. The third kappa shape index (κ3) is 6.96. The number of rotatable bonds is 10. The summed E-state index contributed by atoms with van der Waals surface area (Å²) in [4.78, 5) is 40.4. The van der Waals surface area contributed by atoms with Gasteiger partial charge in [0.05, 0.1) is 18.6 Å². The first-order chi connectivity index (χ1) is 16.4. The summed E-state index contributed by atoms with van der Waals surface area (Å²) in [6.45, 7) is 4.18. The fourth-order valence-electron chi connectivity index (χ4n) is 3.70. The van der Waals surface area contributed by atoms with E-state index in [0.29, 0.717) is 40.3 Å². The molecule has 1 aromatic rings. The maximum atomic E-state index is 12.8. The Morgan fingerprint density at radius 1 is 1.15 bits per heavy atom. The van der Waals surface area contributed by atoms with Crippen LogP contribution in [0.3, 0.4) is 0 Å². The van der Waals surface area contributed by atoms with Gasteiger partial charge in [-0.05, 0) is 56.4 Å². The molecule has 2 saturated heterocycles. The van der Waals surface area contributed by atoms with Crippen LogP contribution in [0.25, 0.3) is 6.08 Å². The van der Waals surface area contributed by atoms with Gasteiger partial charge in [-0.1, -0.05) is 30.0 Å². The van der Waals surface area contributed by atoms with E-state index in [1.54, 1.807) is 18.2 Å². The molecule has 184 valence electrons. The predicted octanol–water partition coefficient (Wildman–Crippen LogP) is 3.63. The minimum atomic E-state index is -0.315. The first-order valence-corrected chi connectivity index (χ1v) is 12.6. The number of methoxy groups -OCH3 is 1. The van der Waals surface area contributed by atoms with Crippen molar-refractivity contribution in [2.75, 3.05) is 40.0 Å². The van der Waals surface area contributed by atoms with Gasteiger partial charge in [-0.2, -0.15) is 0 Å². The van der Waals surface area contributed by atoms with Crippen molar-refractivity contribution in [1.29, 1.82) is 0 Å². The summed E-state index contributed by atoms with van der Waals surface area (Å²) in [7, 11) is 1.34. The van der Waals surface area contributed by atoms with Crippen LogP contribution >= 0.6 is 24.0 Å². The topological polar surface area (TPSA) is 85.4 Å². The van der Waals surface area contributed by atoms with Crippen molar-refractivity contribution in [2.45, 2.75) is 39.0 Å². The van der Waals surface area contributed by atoms with E-state index in [-0.39, 0.29) is 30.8 Å². The van der Waals surface area contributed by atoms with Gasteiger partial charge in [0, 0.05) is 26.1 Å². The maximum absolute atomic E-state index is 12.8. The standard InChI is InChI=1S/C24H30N2O6S2/c1-3-31-19-14-17(9-10-18(19)32-16-21(27)25-11-5-4-6-12-25)15-20-23(29)26(24(33)34-20)13-7-8-22(28)30-2/h9-10,14-15H,3-8,11-13,16H2,1-2H3/b20-15+. The van der Waals surface area contributed by atoms with Crippen LogP contribution in [0.15, 0.2) is 23.1 Å². The molecule has 2 heterocycles. The predicted molar refractivity (Wildman–Crippen MR) is 135 cm³/mol. The van der Waals surface area contributed by atoms with Crippen molar-refractivity contribution in [3.05, 3.63) is 28.7 Å². The number of piperidine rings is 1. The number of amides is 2. The number of hydrogen-bond acceptors (Lipinski definition) is 8. The van der Waals surface area contributed by atoms with E-state index in [0.717, 1.165) is 37.9 Å². The fourth-order valence-corrected chi connectivity index (χ4v) is 5.01. The summed E-state index contributed by atoms with van der Waals surface area (Å²) in [5, 5.41) is 0. The fraction of sp³-hybridized carbons (Fsp3) is 0.500. The third-order valence-corrected chi connectivity index (χ3v) is 6.87. The molecule has 8 nitrogen and oxygen atoms in total. The lowest BCUT2D eigenvalue weighted by atomic mass is 10.1. The van der Waals surface area contributed by atoms with Crippen LogP contribution in [0.5, 0.6) is 11.5 Å². The summed E-state index contributed by atoms with van der Waals surface area (Å²) < 4.78 is 16.6. The summed E-state index contributed by atoms with van der Waals surface area (Å²) in [5.74, 6) is 0.465. The van der Waals surface area contributed by atoms with Gasteiger partial charge in [0.25, 0.3) is 11.8 Å². The lowest BCUT2D eigenvalue weighted by molar-refractivity contribution is -0.141. The van der Waals surface area contributed by atoms with Gasteiger partial charge in [0.2, 0.25) is 0 Å². The molecule has 1 aromatic carbocycles. The molecule has 2 aliphatic rings. The van der Waals surface area contributed by atoms with Gasteiger partial charge in [0.15, 0.2) is 18.1 Å². The number of nitrogens with zero attached hydrogens (tertiary/aromatic N) is 2. The number of ether oxygens (including phenoxy) is 3. The van der Waals surface area contributed by atoms with E-state index < -0.39 is 0 Å². The number of thiocarbonyl (C=S) groups is 1. The molecule has 0 N–H and O–H groups in total. The van der Waals surface area contributed by atoms with Gasteiger partial charge in [-0.3, -0.25) is 19.3 Å². The molecule has 0 aliphatic carbocycles. The van der Waals surface area contributed by atoms with Gasteiger partial charge < -0.3 is 19.1 Å². The minimum absolute atomic E-state index is 0.0258. The lowest BCUT2D eigenvalue weighted by Crippen LogP contribution is -2.38. The zero-order valence-corrected chi connectivity index (χ0v) is 21.2. The van der Waals surface area contributed by atoms with E-state index in [1.807, 2.05) is 17.9 Å². The average molecular weight is 507 g/mol. The van der Waals surface area contributed by atoms with Crippen LogP contribution in [0.1, 0.15) is 44.6 Å². The van der Waals surface area contributed by atoms with Crippen LogP contribution in [-0.2, 0) is 19.1 Å². The molecular formula is C24H30N2O6S2. The van der Waals surface area contributed by atoms with Crippen molar-refractivity contribution >= 4 is 52.2 Å². The Morgan fingerprint density at radius 2 is 1.91 bits per heavy atom. The van der Waals surface area contributed by atoms with Crippen LogP contribution in [0, 0.1) is 0 Å². The number of carbonyl (C=O) groups excluding carboxylic acids is 3. The highest BCUT2D eigenvalue weighted by molar-refractivity contribution is 8.26. The Bertz CT molecular complexity index is 959. The summed E-state index contributed by atoms with van der Waals surface area (Å²) in [5.41, 5.74) is 0.758. The van der Waals surface area contributed by atoms with Crippen molar-refractivity contribution in [3.63, 3.8) is 0 Å². The molecule has 2 amide bonds. The van der Waals surface area contributed by atoms with Crippen LogP contribution < -0.4 is 9.47 Å². The molecule has 2 aliphatic heterocycles. The van der Waals surface area contributed by atoms with E-state index in [2.05, 4.69) is 4.74 Å². The van der Waals surface area contributed by atoms with Crippen LogP contribution in [-0.4, -0.2) is 71.9 Å². The largest absolute Gasteiger partial charge is 0.490 e. The average Bonchev–Trinajstić information content (AvgIpc) is 3.11. The van der Waals surface area contributed by atoms with Crippen molar-refractivity contribution in [2.24, 2.45) is 0 Å². The van der Waals surface area contributed by atoms with E-state index >= 15 is 0 Å². The van der Waals surface area contributed by atoms with Crippen molar-refractivity contribution < 1.29 is 28.6 Å². The summed E-state index contributed by atoms with van der Waals surface area (Å²) in [6.07, 6.45) is 5.68. The highest BCUT2D eigenvalue weighted by atomic mass is 32.2. The molecule has 0 saturated carbocycles. The normalized spacial score (nSPS) is 17.3. The number of esters is 1. The number of thioether (sulfide) groups is 1. The van der Waals surface area contributed by atoms with Gasteiger partial charge in [-0.25, -0.2) is 0 Å². The quantitative estimate of drug-likeness (QED) is 0.270. The maximum Gasteiger partial charge on any atom is 0.305 e. The minimum Gasteiger partial charge on any atom is -0.490 e. The molecule has 2 fully saturated rings. The smallest absolute Gasteiger partial charge is 0.305 e. The zero-order chi connectivity index (χ0) is 24.5. The van der Waals surface area contributed by atoms with Gasteiger partial charge in [-0.15, -0.1) is 0 Å². The van der Waals surface area contributed by atoms with Crippen molar-refractivity contribution in [3.8, 4) is 11.5 Å². The zero-order valence-electron chi connectivity index (χ0n) is 19.5. The Balaban J connectivity index is 1.65. The molecular weight excluding hydrogens is 476 g/mol. The molecule has 0 unspecified atom stereocenters. The Hall–Kier alpha value is -2.59. The molecule has 3 rings (SSSR count). The van der Waals surface area contributed by atoms with Crippen molar-refractivity contribution in [1.82, 2.24) is 9.80 Å². The SMILES string of the molecule is CCOc1cc(/C=C2/SC(=S)N(CCCC(=O)OC)C2=O)ccc1OCC(=O)N1CCCCC1. The third-order valence-electron chi connectivity index (χ3n) is 5.49. The second-order valence-corrected chi connectivity index (χ2v) is 9.56. The molecule has 0 atom stereocenters. The van der Waals surface area contributed by atoms with Crippen LogP contribution in [0.4, 0.5) is 0 Å². The first kappa shape index (κ1) is 26.0.